The summed E-state index contributed by atoms with van der Waals surface area (Å²) in [5, 5.41) is 5.91. The smallest absolute Gasteiger partial charge is 0.137 e. The van der Waals surface area contributed by atoms with E-state index in [9.17, 15) is 4.39 Å². The Morgan fingerprint density at radius 2 is 1.69 bits per heavy atom. The molecule has 0 atom stereocenters. The molecule has 35 heavy (non-hydrogen) atoms. The van der Waals surface area contributed by atoms with Gasteiger partial charge in [-0.2, -0.15) is 5.10 Å². The second-order valence-electron chi connectivity index (χ2n) is 9.64. The predicted molar refractivity (Wildman–Crippen MR) is 141 cm³/mol. The number of piperazine rings is 1. The molecule has 7 heteroatoms. The van der Waals surface area contributed by atoms with Gasteiger partial charge < -0.3 is 9.80 Å². The van der Waals surface area contributed by atoms with Crippen molar-refractivity contribution in [3.63, 3.8) is 0 Å². The van der Waals surface area contributed by atoms with Crippen LogP contribution in [-0.4, -0.2) is 58.3 Å². The third-order valence-corrected chi connectivity index (χ3v) is 7.69. The van der Waals surface area contributed by atoms with Crippen LogP contribution in [0.1, 0.15) is 43.5 Å². The van der Waals surface area contributed by atoms with Crippen LogP contribution >= 0.6 is 11.6 Å². The SMILES string of the molecule is CCc1nn(-c2ccc(F)cc2)c(N2CCN(CC)CC2)c1CN(Cc1ccccc1Cl)C1CC1. The number of benzene rings is 2. The number of hydrogen-bond acceptors (Lipinski definition) is 4. The minimum Gasteiger partial charge on any atom is -0.354 e. The van der Waals surface area contributed by atoms with E-state index in [2.05, 4.69) is 45.4 Å². The Kier molecular flexibility index (Phi) is 7.42. The summed E-state index contributed by atoms with van der Waals surface area (Å²) in [6, 6.07) is 15.5. The van der Waals surface area contributed by atoms with Gasteiger partial charge in [-0.25, -0.2) is 9.07 Å². The molecule has 0 spiro atoms. The van der Waals surface area contributed by atoms with Gasteiger partial charge in [0.25, 0.3) is 0 Å². The van der Waals surface area contributed by atoms with Crippen LogP contribution in [0.4, 0.5) is 10.2 Å². The summed E-state index contributed by atoms with van der Waals surface area (Å²) < 4.78 is 15.8. The molecule has 5 rings (SSSR count). The van der Waals surface area contributed by atoms with Crippen molar-refractivity contribution in [3.8, 4) is 5.69 Å². The van der Waals surface area contributed by atoms with E-state index in [-0.39, 0.29) is 5.82 Å². The van der Waals surface area contributed by atoms with Crippen molar-refractivity contribution < 1.29 is 4.39 Å². The molecule has 1 aliphatic heterocycles. The molecule has 2 fully saturated rings. The molecule has 1 aromatic heterocycles. The number of hydrogen-bond donors (Lipinski definition) is 0. The third kappa shape index (κ3) is 5.40. The number of aryl methyl sites for hydroxylation is 1. The van der Waals surface area contributed by atoms with Crippen LogP contribution in [0.2, 0.25) is 5.02 Å². The van der Waals surface area contributed by atoms with Crippen molar-refractivity contribution in [2.75, 3.05) is 37.6 Å². The molecular formula is C28H35ClFN5. The molecule has 0 N–H and O–H groups in total. The molecule has 1 saturated carbocycles. The second kappa shape index (κ2) is 10.7. The summed E-state index contributed by atoms with van der Waals surface area (Å²) in [6.45, 7) is 11.1. The highest BCUT2D eigenvalue weighted by atomic mass is 35.5. The number of rotatable bonds is 9. The van der Waals surface area contributed by atoms with Crippen molar-refractivity contribution in [3.05, 3.63) is 76.2 Å². The van der Waals surface area contributed by atoms with Gasteiger partial charge >= 0.3 is 0 Å². The first kappa shape index (κ1) is 24.3. The molecule has 2 heterocycles. The summed E-state index contributed by atoms with van der Waals surface area (Å²) in [7, 11) is 0. The minimum atomic E-state index is -0.227. The summed E-state index contributed by atoms with van der Waals surface area (Å²) in [5.41, 5.74) is 4.49. The Hall–Kier alpha value is -2.41. The quantitative estimate of drug-likeness (QED) is 0.390. The Balaban J connectivity index is 1.53. The zero-order chi connectivity index (χ0) is 24.4. The van der Waals surface area contributed by atoms with Gasteiger partial charge in [-0.1, -0.05) is 43.6 Å². The van der Waals surface area contributed by atoms with Crippen LogP contribution in [0.15, 0.2) is 48.5 Å². The lowest BCUT2D eigenvalue weighted by atomic mass is 10.1. The van der Waals surface area contributed by atoms with Gasteiger partial charge in [0.05, 0.1) is 11.4 Å². The first-order valence-electron chi connectivity index (χ1n) is 12.9. The Labute approximate surface area is 213 Å². The van der Waals surface area contributed by atoms with Crippen molar-refractivity contribution in [1.29, 1.82) is 0 Å². The van der Waals surface area contributed by atoms with Gasteiger partial charge in [0.1, 0.15) is 11.6 Å². The van der Waals surface area contributed by atoms with E-state index in [4.69, 9.17) is 16.7 Å². The number of halogens is 2. The summed E-state index contributed by atoms with van der Waals surface area (Å²) in [5.74, 6) is 0.934. The lowest BCUT2D eigenvalue weighted by Crippen LogP contribution is -2.47. The van der Waals surface area contributed by atoms with E-state index in [1.54, 1.807) is 0 Å². The monoisotopic (exact) mass is 495 g/mol. The zero-order valence-electron chi connectivity index (χ0n) is 20.8. The molecule has 5 nitrogen and oxygen atoms in total. The van der Waals surface area contributed by atoms with Gasteiger partial charge in [0.15, 0.2) is 0 Å². The number of aromatic nitrogens is 2. The van der Waals surface area contributed by atoms with E-state index in [1.807, 2.05) is 24.3 Å². The lowest BCUT2D eigenvalue weighted by molar-refractivity contribution is 0.244. The minimum absolute atomic E-state index is 0.227. The molecule has 3 aromatic rings. The zero-order valence-corrected chi connectivity index (χ0v) is 21.5. The topological polar surface area (TPSA) is 27.5 Å². The fraction of sp³-hybridized carbons (Fsp3) is 0.464. The average Bonchev–Trinajstić information content (AvgIpc) is 3.67. The molecule has 0 unspecified atom stereocenters. The molecule has 0 bridgehead atoms. The molecule has 1 aliphatic carbocycles. The van der Waals surface area contributed by atoms with Gasteiger partial charge in [-0.3, -0.25) is 4.90 Å². The average molecular weight is 496 g/mol. The molecule has 2 aromatic carbocycles. The van der Waals surface area contributed by atoms with Crippen LogP contribution in [-0.2, 0) is 19.5 Å². The third-order valence-electron chi connectivity index (χ3n) is 7.32. The molecule has 186 valence electrons. The van der Waals surface area contributed by atoms with Crippen LogP contribution in [0, 0.1) is 5.82 Å². The van der Waals surface area contributed by atoms with Gasteiger partial charge in [0.2, 0.25) is 0 Å². The van der Waals surface area contributed by atoms with Gasteiger partial charge in [0, 0.05) is 55.9 Å². The Morgan fingerprint density at radius 3 is 2.31 bits per heavy atom. The van der Waals surface area contributed by atoms with Crippen molar-refractivity contribution in [2.24, 2.45) is 0 Å². The van der Waals surface area contributed by atoms with E-state index in [0.29, 0.717) is 6.04 Å². The van der Waals surface area contributed by atoms with E-state index in [0.717, 1.165) is 74.5 Å². The molecule has 1 saturated heterocycles. The van der Waals surface area contributed by atoms with Crippen LogP contribution in [0.25, 0.3) is 5.69 Å². The van der Waals surface area contributed by atoms with Crippen molar-refractivity contribution in [1.82, 2.24) is 19.6 Å². The normalized spacial score (nSPS) is 16.9. The van der Waals surface area contributed by atoms with Crippen molar-refractivity contribution >= 4 is 17.4 Å². The summed E-state index contributed by atoms with van der Waals surface area (Å²) in [6.07, 6.45) is 3.31. The molecule has 2 aliphatic rings. The predicted octanol–water partition coefficient (Wildman–Crippen LogP) is 5.53. The fourth-order valence-corrected chi connectivity index (χ4v) is 5.29. The highest BCUT2D eigenvalue weighted by Crippen LogP contribution is 2.36. The van der Waals surface area contributed by atoms with Crippen LogP contribution in [0.5, 0.6) is 0 Å². The van der Waals surface area contributed by atoms with Crippen LogP contribution < -0.4 is 4.90 Å². The first-order chi connectivity index (χ1) is 17.1. The van der Waals surface area contributed by atoms with Crippen molar-refractivity contribution in [2.45, 2.75) is 52.2 Å². The van der Waals surface area contributed by atoms with E-state index in [1.165, 1.54) is 36.1 Å². The lowest BCUT2D eigenvalue weighted by Gasteiger charge is -2.36. The largest absolute Gasteiger partial charge is 0.354 e. The maximum atomic E-state index is 13.7. The highest BCUT2D eigenvalue weighted by molar-refractivity contribution is 6.31. The molecule has 0 amide bonds. The standard InChI is InChI=1S/C28H35ClFN5/c1-3-27-25(20-34(23-13-14-23)19-21-7-5-6-8-26(21)29)28(33-17-15-32(4-2)16-18-33)35(31-27)24-11-9-22(30)10-12-24/h5-12,23H,3-4,13-20H2,1-2H3. The number of nitrogens with zero attached hydrogens (tertiary/aromatic N) is 5. The first-order valence-corrected chi connectivity index (χ1v) is 13.3. The van der Waals surface area contributed by atoms with Gasteiger partial charge in [-0.15, -0.1) is 0 Å². The fourth-order valence-electron chi connectivity index (χ4n) is 5.10. The number of likely N-dealkylation sites (N-methyl/N-ethyl adjacent to an activating group) is 1. The number of anilines is 1. The maximum Gasteiger partial charge on any atom is 0.137 e. The van der Waals surface area contributed by atoms with Gasteiger partial charge in [-0.05, 0) is 61.7 Å². The summed E-state index contributed by atoms with van der Waals surface area (Å²) >= 11 is 6.55. The van der Waals surface area contributed by atoms with E-state index >= 15 is 0 Å². The summed E-state index contributed by atoms with van der Waals surface area (Å²) in [4.78, 5) is 7.54. The van der Waals surface area contributed by atoms with E-state index < -0.39 is 0 Å². The highest BCUT2D eigenvalue weighted by Gasteiger charge is 2.33. The molecule has 0 radical (unpaired) electrons. The maximum absolute atomic E-state index is 13.7. The Bertz CT molecular complexity index is 1130. The molecular weight excluding hydrogens is 461 g/mol. The van der Waals surface area contributed by atoms with Crippen LogP contribution in [0.3, 0.4) is 0 Å². The Morgan fingerprint density at radius 1 is 0.971 bits per heavy atom. The second-order valence-corrected chi connectivity index (χ2v) is 10.0.